The fraction of sp³-hybridized carbons (Fsp3) is 0.444. The number of amides is 1. The molecule has 10 heteroatoms. The Morgan fingerprint density at radius 1 is 1.37 bits per heavy atom. The van der Waals surface area contributed by atoms with Gasteiger partial charge in [-0.25, -0.2) is 23.5 Å². The summed E-state index contributed by atoms with van der Waals surface area (Å²) in [5, 5.41) is 5.06. The van der Waals surface area contributed by atoms with Crippen molar-refractivity contribution in [2.45, 2.75) is 6.42 Å². The Bertz CT molecular complexity index is 602. The second-order valence-corrected chi connectivity index (χ2v) is 6.58. The number of aromatic nitrogens is 2. The third-order valence-electron chi connectivity index (χ3n) is 2.68. The normalized spacial score (nSPS) is 20.1. The van der Waals surface area contributed by atoms with Gasteiger partial charge in [-0.1, -0.05) is 23.2 Å². The number of primary sulfonamides is 1. The quantitative estimate of drug-likeness (QED) is 0.811. The maximum absolute atomic E-state index is 11.9. The first-order valence-electron chi connectivity index (χ1n) is 5.25. The van der Waals surface area contributed by atoms with Crippen LogP contribution in [0.2, 0.25) is 10.3 Å². The summed E-state index contributed by atoms with van der Waals surface area (Å²) in [7, 11) is -3.63. The van der Waals surface area contributed by atoms with E-state index in [9.17, 15) is 13.2 Å². The fourth-order valence-electron chi connectivity index (χ4n) is 2.00. The molecule has 1 saturated heterocycles. The van der Waals surface area contributed by atoms with Crippen molar-refractivity contribution in [3.8, 4) is 0 Å². The zero-order chi connectivity index (χ0) is 14.2. The van der Waals surface area contributed by atoms with E-state index >= 15 is 0 Å². The van der Waals surface area contributed by atoms with Crippen LogP contribution in [0.3, 0.4) is 0 Å². The Balaban J connectivity index is 2.26. The van der Waals surface area contributed by atoms with Crippen LogP contribution in [0.4, 0.5) is 5.69 Å². The van der Waals surface area contributed by atoms with E-state index in [-0.39, 0.29) is 40.6 Å². The van der Waals surface area contributed by atoms with Crippen LogP contribution in [0.1, 0.15) is 6.42 Å². The first-order chi connectivity index (χ1) is 8.78. The van der Waals surface area contributed by atoms with Crippen LogP contribution in [-0.4, -0.2) is 36.6 Å². The second kappa shape index (κ2) is 5.20. The van der Waals surface area contributed by atoms with Crippen LogP contribution in [0.15, 0.2) is 6.33 Å². The van der Waals surface area contributed by atoms with Gasteiger partial charge in [0.25, 0.3) is 0 Å². The van der Waals surface area contributed by atoms with Crippen LogP contribution in [0.25, 0.3) is 0 Å². The highest BCUT2D eigenvalue weighted by molar-refractivity contribution is 7.89. The van der Waals surface area contributed by atoms with E-state index in [1.807, 2.05) is 0 Å². The highest BCUT2D eigenvalue weighted by Gasteiger charge is 2.35. The van der Waals surface area contributed by atoms with Gasteiger partial charge in [0.2, 0.25) is 15.9 Å². The Morgan fingerprint density at radius 2 is 1.95 bits per heavy atom. The molecule has 1 amide bonds. The van der Waals surface area contributed by atoms with Crippen LogP contribution in [0.5, 0.6) is 0 Å². The summed E-state index contributed by atoms with van der Waals surface area (Å²) in [4.78, 5) is 20.7. The van der Waals surface area contributed by atoms with Gasteiger partial charge in [0.1, 0.15) is 12.0 Å². The average Bonchev–Trinajstić information content (AvgIpc) is 2.56. The van der Waals surface area contributed by atoms with Gasteiger partial charge in [0.15, 0.2) is 10.3 Å². The summed E-state index contributed by atoms with van der Waals surface area (Å²) in [6.45, 7) is 0.169. The van der Waals surface area contributed by atoms with Gasteiger partial charge in [-0.3, -0.25) is 4.79 Å². The van der Waals surface area contributed by atoms with Crippen LogP contribution in [-0.2, 0) is 14.8 Å². The van der Waals surface area contributed by atoms with Crippen LogP contribution < -0.4 is 10.0 Å². The average molecular weight is 325 g/mol. The van der Waals surface area contributed by atoms with Gasteiger partial charge in [-0.15, -0.1) is 0 Å². The first kappa shape index (κ1) is 14.4. The van der Waals surface area contributed by atoms with Gasteiger partial charge in [-0.2, -0.15) is 0 Å². The third-order valence-corrected chi connectivity index (χ3v) is 4.17. The molecule has 0 saturated carbocycles. The van der Waals surface area contributed by atoms with E-state index < -0.39 is 15.9 Å². The van der Waals surface area contributed by atoms with E-state index in [0.717, 1.165) is 0 Å². The maximum Gasteiger partial charge on any atom is 0.227 e. The molecule has 0 radical (unpaired) electrons. The molecule has 19 heavy (non-hydrogen) atoms. The fourth-order valence-corrected chi connectivity index (χ4v) is 3.40. The number of carbonyl (C=O) groups excluding carboxylic acids is 1. The number of rotatable bonds is 3. The van der Waals surface area contributed by atoms with Gasteiger partial charge in [0.05, 0.1) is 5.75 Å². The van der Waals surface area contributed by atoms with E-state index in [0.29, 0.717) is 0 Å². The second-order valence-electron chi connectivity index (χ2n) is 4.21. The number of halogens is 2. The zero-order valence-electron chi connectivity index (χ0n) is 9.58. The van der Waals surface area contributed by atoms with E-state index in [2.05, 4.69) is 9.97 Å². The Morgan fingerprint density at radius 3 is 2.47 bits per heavy atom. The van der Waals surface area contributed by atoms with Crippen molar-refractivity contribution in [1.29, 1.82) is 0 Å². The summed E-state index contributed by atoms with van der Waals surface area (Å²) in [5.41, 5.74) is 0.202. The lowest BCUT2D eigenvalue weighted by Gasteiger charge is -2.18. The minimum atomic E-state index is -3.63. The number of nitrogens with two attached hydrogens (primary N) is 1. The number of carbonyl (C=O) groups is 1. The summed E-state index contributed by atoms with van der Waals surface area (Å²) < 4.78 is 22.1. The van der Waals surface area contributed by atoms with Gasteiger partial charge < -0.3 is 4.90 Å². The predicted octanol–water partition coefficient (Wildman–Crippen LogP) is 0.425. The minimum absolute atomic E-state index is 0.0459. The molecule has 1 aromatic rings. The molecule has 1 aliphatic rings. The Hall–Kier alpha value is -0.960. The van der Waals surface area contributed by atoms with Gasteiger partial charge in [-0.05, 0) is 0 Å². The molecule has 1 aromatic heterocycles. The first-order valence-corrected chi connectivity index (χ1v) is 7.72. The molecule has 7 nitrogen and oxygen atoms in total. The summed E-state index contributed by atoms with van der Waals surface area (Å²) >= 11 is 11.8. The summed E-state index contributed by atoms with van der Waals surface area (Å²) in [6.07, 6.45) is 1.24. The molecule has 2 rings (SSSR count). The highest BCUT2D eigenvalue weighted by atomic mass is 35.5. The van der Waals surface area contributed by atoms with Crippen molar-refractivity contribution < 1.29 is 13.2 Å². The highest BCUT2D eigenvalue weighted by Crippen LogP contribution is 2.34. The molecule has 1 unspecified atom stereocenters. The molecule has 0 spiro atoms. The molecule has 0 aromatic carbocycles. The van der Waals surface area contributed by atoms with Crippen molar-refractivity contribution in [2.75, 3.05) is 17.2 Å². The molecular formula is C9H10Cl2N4O3S. The summed E-state index contributed by atoms with van der Waals surface area (Å²) in [5.74, 6) is -0.944. The van der Waals surface area contributed by atoms with E-state index in [1.165, 1.54) is 11.2 Å². The Labute approximate surface area is 119 Å². The number of sulfonamides is 1. The predicted molar refractivity (Wildman–Crippen MR) is 70.5 cm³/mol. The minimum Gasteiger partial charge on any atom is -0.307 e. The van der Waals surface area contributed by atoms with Crippen LogP contribution in [0, 0.1) is 5.92 Å². The number of hydrogen-bond acceptors (Lipinski definition) is 5. The number of nitrogens with zero attached hydrogens (tertiary/aromatic N) is 3. The molecule has 1 atom stereocenters. The standard InChI is InChI=1S/C9H10Cl2N4O3S/c10-8-7(9(11)14-4-13-8)15-2-5(1-6(15)16)3-19(12,17)18/h4-5H,1-3H2,(H2,12,17,18). The molecular weight excluding hydrogens is 315 g/mol. The van der Waals surface area contributed by atoms with Crippen molar-refractivity contribution in [1.82, 2.24) is 9.97 Å². The number of hydrogen-bond donors (Lipinski definition) is 1. The number of anilines is 1. The van der Waals surface area contributed by atoms with E-state index in [4.69, 9.17) is 28.3 Å². The molecule has 2 N–H and O–H groups in total. The molecule has 104 valence electrons. The molecule has 1 fully saturated rings. The Kier molecular flexibility index (Phi) is 3.95. The smallest absolute Gasteiger partial charge is 0.227 e. The zero-order valence-corrected chi connectivity index (χ0v) is 11.9. The lowest BCUT2D eigenvalue weighted by Crippen LogP contribution is -2.28. The summed E-state index contributed by atoms with van der Waals surface area (Å²) in [6, 6.07) is 0. The van der Waals surface area contributed by atoms with Crippen molar-refractivity contribution >= 4 is 44.8 Å². The lowest BCUT2D eigenvalue weighted by atomic mass is 10.1. The monoisotopic (exact) mass is 324 g/mol. The van der Waals surface area contributed by atoms with Crippen molar-refractivity contribution in [3.63, 3.8) is 0 Å². The topological polar surface area (TPSA) is 106 Å². The SMILES string of the molecule is NS(=O)(=O)CC1CC(=O)N(c2c(Cl)ncnc2Cl)C1. The lowest BCUT2D eigenvalue weighted by molar-refractivity contribution is -0.117. The maximum atomic E-state index is 11.9. The van der Waals surface area contributed by atoms with Crippen LogP contribution >= 0.6 is 23.2 Å². The molecule has 1 aliphatic heterocycles. The van der Waals surface area contributed by atoms with Crippen molar-refractivity contribution in [2.24, 2.45) is 11.1 Å². The van der Waals surface area contributed by atoms with Crippen molar-refractivity contribution in [3.05, 3.63) is 16.6 Å². The van der Waals surface area contributed by atoms with Gasteiger partial charge in [0, 0.05) is 18.9 Å². The molecule has 0 aliphatic carbocycles. The largest absolute Gasteiger partial charge is 0.307 e. The third kappa shape index (κ3) is 3.33. The van der Waals surface area contributed by atoms with Gasteiger partial charge >= 0.3 is 0 Å². The molecule has 0 bridgehead atoms. The van der Waals surface area contributed by atoms with E-state index in [1.54, 1.807) is 0 Å². The molecule has 2 heterocycles.